The number of hydrogen-bond acceptors (Lipinski definition) is 3. The number of anilines is 2. The van der Waals surface area contributed by atoms with E-state index in [-0.39, 0.29) is 0 Å². The van der Waals surface area contributed by atoms with E-state index in [1.54, 1.807) is 18.3 Å². The van der Waals surface area contributed by atoms with Gasteiger partial charge in [-0.25, -0.2) is 9.97 Å². The number of aromatic nitrogens is 3. The average Bonchev–Trinajstić information content (AvgIpc) is 3.13. The van der Waals surface area contributed by atoms with Gasteiger partial charge in [0, 0.05) is 17.4 Å². The molecule has 29 heavy (non-hydrogen) atoms. The van der Waals surface area contributed by atoms with E-state index in [1.807, 2.05) is 24.3 Å². The van der Waals surface area contributed by atoms with Crippen molar-refractivity contribution in [2.45, 2.75) is 25.9 Å². The maximum atomic E-state index is 13.0. The lowest BCUT2D eigenvalue weighted by Crippen LogP contribution is -2.04. The van der Waals surface area contributed by atoms with Gasteiger partial charge in [0.1, 0.15) is 11.3 Å². The number of imidazole rings is 1. The summed E-state index contributed by atoms with van der Waals surface area (Å²) < 4.78 is 39.1. The van der Waals surface area contributed by atoms with Gasteiger partial charge in [0.05, 0.1) is 11.1 Å². The van der Waals surface area contributed by atoms with Crippen molar-refractivity contribution in [3.8, 4) is 11.4 Å². The van der Waals surface area contributed by atoms with Crippen molar-refractivity contribution in [3.05, 3.63) is 71.9 Å². The van der Waals surface area contributed by atoms with Crippen molar-refractivity contribution in [1.29, 1.82) is 0 Å². The highest BCUT2D eigenvalue weighted by atomic mass is 19.4. The quantitative estimate of drug-likeness (QED) is 0.413. The average molecular weight is 396 g/mol. The van der Waals surface area contributed by atoms with E-state index in [1.165, 1.54) is 11.6 Å². The third-order valence-electron chi connectivity index (χ3n) is 4.70. The van der Waals surface area contributed by atoms with Crippen LogP contribution in [0.15, 0.2) is 60.8 Å². The molecule has 4 aromatic rings. The van der Waals surface area contributed by atoms with Gasteiger partial charge >= 0.3 is 6.18 Å². The summed E-state index contributed by atoms with van der Waals surface area (Å²) in [6.07, 6.45) is -2.78. The van der Waals surface area contributed by atoms with E-state index >= 15 is 0 Å². The standard InChI is InChI=1S/C22H19F3N4/c1-13(2)14-6-8-17(9-7-14)27-21-19-18(10-11-26-21)28-20(29-19)15-4-3-5-16(12-15)22(23,24)25/h3-13H,1-2H3,(H,26,27)(H,28,29). The molecular weight excluding hydrogens is 377 g/mol. The van der Waals surface area contributed by atoms with Gasteiger partial charge in [-0.3, -0.25) is 0 Å². The molecule has 0 spiro atoms. The number of fused-ring (bicyclic) bond motifs is 1. The Kier molecular flexibility index (Phi) is 4.74. The second-order valence-corrected chi connectivity index (χ2v) is 7.12. The fraction of sp³-hybridized carbons (Fsp3) is 0.182. The smallest absolute Gasteiger partial charge is 0.338 e. The molecule has 0 aliphatic heterocycles. The maximum absolute atomic E-state index is 13.0. The number of hydrogen-bond donors (Lipinski definition) is 2. The van der Waals surface area contributed by atoms with Crippen molar-refractivity contribution in [3.63, 3.8) is 0 Å². The maximum Gasteiger partial charge on any atom is 0.416 e. The summed E-state index contributed by atoms with van der Waals surface area (Å²) in [6.45, 7) is 4.26. The van der Waals surface area contributed by atoms with Crippen LogP contribution in [-0.4, -0.2) is 15.0 Å². The van der Waals surface area contributed by atoms with Gasteiger partial charge in [0.25, 0.3) is 0 Å². The summed E-state index contributed by atoms with van der Waals surface area (Å²) in [7, 11) is 0. The molecule has 0 bridgehead atoms. The molecule has 148 valence electrons. The first-order valence-corrected chi connectivity index (χ1v) is 9.20. The first-order chi connectivity index (χ1) is 13.8. The van der Waals surface area contributed by atoms with Crippen LogP contribution in [-0.2, 0) is 6.18 Å². The third-order valence-corrected chi connectivity index (χ3v) is 4.70. The van der Waals surface area contributed by atoms with E-state index in [0.29, 0.717) is 34.2 Å². The fourth-order valence-electron chi connectivity index (χ4n) is 3.09. The SMILES string of the molecule is CC(C)c1ccc(Nc2nccc3[nH]c(-c4cccc(C(F)(F)F)c4)nc23)cc1. The summed E-state index contributed by atoms with van der Waals surface area (Å²) in [5, 5.41) is 3.24. The molecule has 0 atom stereocenters. The number of aromatic amines is 1. The molecule has 0 amide bonds. The molecule has 2 aromatic carbocycles. The van der Waals surface area contributed by atoms with Gasteiger partial charge in [-0.1, -0.05) is 38.1 Å². The molecule has 2 heterocycles. The van der Waals surface area contributed by atoms with E-state index < -0.39 is 11.7 Å². The van der Waals surface area contributed by atoms with E-state index in [2.05, 4.69) is 34.1 Å². The molecule has 7 heteroatoms. The zero-order valence-corrected chi connectivity index (χ0v) is 15.9. The van der Waals surface area contributed by atoms with Crippen LogP contribution < -0.4 is 5.32 Å². The Balaban J connectivity index is 1.69. The molecule has 4 nitrogen and oxygen atoms in total. The number of pyridine rings is 1. The Morgan fingerprint density at radius 3 is 2.45 bits per heavy atom. The van der Waals surface area contributed by atoms with Gasteiger partial charge in [-0.15, -0.1) is 0 Å². The van der Waals surface area contributed by atoms with Crippen molar-refractivity contribution < 1.29 is 13.2 Å². The van der Waals surface area contributed by atoms with Crippen LogP contribution in [0.4, 0.5) is 24.7 Å². The molecule has 2 N–H and O–H groups in total. The number of H-pyrrole nitrogens is 1. The van der Waals surface area contributed by atoms with E-state index in [4.69, 9.17) is 0 Å². The van der Waals surface area contributed by atoms with E-state index in [0.717, 1.165) is 17.8 Å². The Hall–Kier alpha value is -3.35. The second-order valence-electron chi connectivity index (χ2n) is 7.12. The zero-order chi connectivity index (χ0) is 20.6. The Morgan fingerprint density at radius 2 is 1.76 bits per heavy atom. The molecule has 4 rings (SSSR count). The van der Waals surface area contributed by atoms with Crippen LogP contribution in [0, 0.1) is 0 Å². The Bertz CT molecular complexity index is 1140. The molecule has 0 fully saturated rings. The van der Waals surface area contributed by atoms with Gasteiger partial charge < -0.3 is 10.3 Å². The number of rotatable bonds is 4. The van der Waals surface area contributed by atoms with Crippen LogP contribution in [0.1, 0.15) is 30.9 Å². The molecule has 0 radical (unpaired) electrons. The molecule has 0 saturated heterocycles. The summed E-state index contributed by atoms with van der Waals surface area (Å²) in [5.74, 6) is 1.33. The monoisotopic (exact) mass is 396 g/mol. The van der Waals surface area contributed by atoms with Crippen LogP contribution in [0.3, 0.4) is 0 Å². The van der Waals surface area contributed by atoms with E-state index in [9.17, 15) is 13.2 Å². The number of nitrogens with one attached hydrogen (secondary N) is 2. The Morgan fingerprint density at radius 1 is 1.00 bits per heavy atom. The van der Waals surface area contributed by atoms with Gasteiger partial charge in [-0.2, -0.15) is 13.2 Å². The summed E-state index contributed by atoms with van der Waals surface area (Å²) >= 11 is 0. The fourth-order valence-corrected chi connectivity index (χ4v) is 3.09. The van der Waals surface area contributed by atoms with Crippen LogP contribution >= 0.6 is 0 Å². The number of nitrogens with zero attached hydrogens (tertiary/aromatic N) is 2. The van der Waals surface area contributed by atoms with Crippen LogP contribution in [0.2, 0.25) is 0 Å². The molecule has 2 aromatic heterocycles. The molecule has 0 aliphatic carbocycles. The lowest BCUT2D eigenvalue weighted by atomic mass is 10.0. The van der Waals surface area contributed by atoms with Gasteiger partial charge in [0.2, 0.25) is 0 Å². The highest BCUT2D eigenvalue weighted by Gasteiger charge is 2.30. The lowest BCUT2D eigenvalue weighted by Gasteiger charge is -2.09. The van der Waals surface area contributed by atoms with Gasteiger partial charge in [0.15, 0.2) is 5.82 Å². The summed E-state index contributed by atoms with van der Waals surface area (Å²) in [6, 6.07) is 14.9. The number of alkyl halides is 3. The van der Waals surface area contributed by atoms with Crippen LogP contribution in [0.5, 0.6) is 0 Å². The first kappa shape index (κ1) is 19.0. The van der Waals surface area contributed by atoms with Crippen molar-refractivity contribution >= 4 is 22.5 Å². The highest BCUT2D eigenvalue weighted by molar-refractivity contribution is 5.90. The molecule has 0 saturated carbocycles. The highest BCUT2D eigenvalue weighted by Crippen LogP contribution is 2.32. The third kappa shape index (κ3) is 3.94. The lowest BCUT2D eigenvalue weighted by molar-refractivity contribution is -0.137. The summed E-state index contributed by atoms with van der Waals surface area (Å²) in [4.78, 5) is 11.9. The predicted octanol–water partition coefficient (Wildman–Crippen LogP) is 6.51. The minimum absolute atomic E-state index is 0.359. The molecule has 0 unspecified atom stereocenters. The second kappa shape index (κ2) is 7.24. The Labute approximate surface area is 165 Å². The van der Waals surface area contributed by atoms with Gasteiger partial charge in [-0.05, 0) is 41.8 Å². The van der Waals surface area contributed by atoms with Crippen LogP contribution in [0.25, 0.3) is 22.4 Å². The van der Waals surface area contributed by atoms with Crippen molar-refractivity contribution in [2.24, 2.45) is 0 Å². The number of halogens is 3. The van der Waals surface area contributed by atoms with Crippen molar-refractivity contribution in [2.75, 3.05) is 5.32 Å². The number of benzene rings is 2. The summed E-state index contributed by atoms with van der Waals surface area (Å²) in [5.41, 5.74) is 2.99. The minimum atomic E-state index is -4.40. The van der Waals surface area contributed by atoms with Crippen molar-refractivity contribution in [1.82, 2.24) is 15.0 Å². The minimum Gasteiger partial charge on any atom is -0.338 e. The first-order valence-electron chi connectivity index (χ1n) is 9.20. The predicted molar refractivity (Wildman–Crippen MR) is 108 cm³/mol. The molecule has 0 aliphatic rings. The molecular formula is C22H19F3N4. The largest absolute Gasteiger partial charge is 0.416 e. The normalized spacial score (nSPS) is 11.9. The topological polar surface area (TPSA) is 53.6 Å². The zero-order valence-electron chi connectivity index (χ0n) is 15.9.